The normalized spacial score (nSPS) is 15.9. The number of carbonyl (C=O) groups excluding carboxylic acids is 2. The van der Waals surface area contributed by atoms with Crippen molar-refractivity contribution in [3.63, 3.8) is 0 Å². The number of amides is 1. The van der Waals surface area contributed by atoms with E-state index in [1.807, 2.05) is 89.8 Å². The molecule has 0 radical (unpaired) electrons. The van der Waals surface area contributed by atoms with Crippen LogP contribution in [0.2, 0.25) is 0 Å². The van der Waals surface area contributed by atoms with Gasteiger partial charge in [-0.3, -0.25) is 19.3 Å². The minimum absolute atomic E-state index is 0.0248. The van der Waals surface area contributed by atoms with E-state index in [1.54, 1.807) is 19.1 Å². The molecule has 11 nitrogen and oxygen atoms in total. The lowest BCUT2D eigenvalue weighted by Crippen LogP contribution is -2.40. The Morgan fingerprint density at radius 1 is 0.766 bits per heavy atom. The number of benzene rings is 5. The van der Waals surface area contributed by atoms with Crippen molar-refractivity contribution in [1.82, 2.24) is 20.1 Å². The molecule has 0 spiro atoms. The highest BCUT2D eigenvalue weighted by Crippen LogP contribution is 2.32. The molecule has 0 saturated carbocycles. The lowest BCUT2D eigenvalue weighted by Gasteiger charge is -2.32. The molecule has 0 aliphatic carbocycles. The van der Waals surface area contributed by atoms with Crippen LogP contribution in [0.3, 0.4) is 0 Å². The number of H-pyrrole nitrogens is 1. The predicted molar refractivity (Wildman–Crippen MR) is 249 cm³/mol. The molecule has 1 amide bonds. The Morgan fingerprint density at radius 3 is 2.22 bits per heavy atom. The summed E-state index contributed by atoms with van der Waals surface area (Å²) in [5, 5.41) is 25.2. The van der Waals surface area contributed by atoms with E-state index in [-0.39, 0.29) is 41.1 Å². The summed E-state index contributed by atoms with van der Waals surface area (Å²) < 4.78 is 12.4. The fourth-order valence-electron chi connectivity index (χ4n) is 8.84. The Balaban J connectivity index is 0.831. The van der Waals surface area contributed by atoms with Crippen LogP contribution < -0.4 is 15.6 Å². The van der Waals surface area contributed by atoms with Crippen LogP contribution in [0, 0.1) is 11.8 Å². The summed E-state index contributed by atoms with van der Waals surface area (Å²) >= 11 is 0. The number of rotatable bonds is 15. The first kappa shape index (κ1) is 43.8. The molecule has 2 aliphatic heterocycles. The molecule has 330 valence electrons. The monoisotopic (exact) mass is 860 g/mol. The molecule has 1 atom stereocenters. The number of phenols is 1. The van der Waals surface area contributed by atoms with Gasteiger partial charge in [0.1, 0.15) is 29.8 Å². The first-order chi connectivity index (χ1) is 31.2. The van der Waals surface area contributed by atoms with Gasteiger partial charge in [0.05, 0.1) is 17.8 Å². The second-order valence-electron chi connectivity index (χ2n) is 17.1. The van der Waals surface area contributed by atoms with Crippen LogP contribution in [-0.4, -0.2) is 76.2 Å². The number of aromatic nitrogens is 1. The topological polar surface area (TPSA) is 144 Å². The Morgan fingerprint density at radius 2 is 1.45 bits per heavy atom. The van der Waals surface area contributed by atoms with E-state index in [0.29, 0.717) is 66.0 Å². The maximum absolute atomic E-state index is 13.9. The molecule has 2 fully saturated rings. The summed E-state index contributed by atoms with van der Waals surface area (Å²) in [5.74, 6) is 0.318. The summed E-state index contributed by atoms with van der Waals surface area (Å²) in [4.78, 5) is 46.4. The molecule has 2 saturated heterocycles. The minimum atomic E-state index is -0.600. The van der Waals surface area contributed by atoms with Crippen LogP contribution in [-0.2, 0) is 22.7 Å². The van der Waals surface area contributed by atoms with Crippen LogP contribution in [0.1, 0.15) is 76.7 Å². The molecule has 64 heavy (non-hydrogen) atoms. The number of phenolic OH excluding ortho intramolecular Hbond substituents is 1. The number of pyridine rings is 1. The number of aliphatic hydroxyl groups is 1. The van der Waals surface area contributed by atoms with E-state index in [1.165, 1.54) is 17.7 Å². The molecule has 4 N–H and O–H groups in total. The number of aromatic hydroxyl groups is 1. The number of carbonyl (C=O) groups is 2. The molecule has 1 aromatic heterocycles. The number of esters is 1. The smallest absolute Gasteiger partial charge is 0.317 e. The van der Waals surface area contributed by atoms with E-state index in [0.717, 1.165) is 62.0 Å². The number of likely N-dealkylation sites (tertiary alicyclic amines) is 2. The average molecular weight is 861 g/mol. The second-order valence-corrected chi connectivity index (χ2v) is 17.1. The van der Waals surface area contributed by atoms with Gasteiger partial charge in [-0.15, -0.1) is 0 Å². The zero-order chi connectivity index (χ0) is 44.4. The molecule has 8 rings (SSSR count). The molecule has 5 aromatic carbocycles. The third-order valence-corrected chi connectivity index (χ3v) is 12.6. The van der Waals surface area contributed by atoms with E-state index < -0.39 is 5.92 Å². The number of piperidine rings is 2. The highest BCUT2D eigenvalue weighted by atomic mass is 16.5. The highest BCUT2D eigenvalue weighted by molar-refractivity contribution is 5.95. The maximum atomic E-state index is 13.9. The largest absolute Gasteiger partial charge is 0.506 e. The van der Waals surface area contributed by atoms with Gasteiger partial charge in [0.15, 0.2) is 0 Å². The molecular weight excluding hydrogens is 805 g/mol. The third-order valence-electron chi connectivity index (χ3n) is 12.6. The first-order valence-corrected chi connectivity index (χ1v) is 22.3. The predicted octanol–water partition coefficient (Wildman–Crippen LogP) is 8.79. The van der Waals surface area contributed by atoms with E-state index in [9.17, 15) is 24.6 Å². The van der Waals surface area contributed by atoms with Gasteiger partial charge in [0, 0.05) is 48.8 Å². The number of hydrogen-bond acceptors (Lipinski definition) is 9. The molecule has 0 bridgehead atoms. The van der Waals surface area contributed by atoms with Crippen molar-refractivity contribution < 1.29 is 29.3 Å². The Labute approximate surface area is 374 Å². The van der Waals surface area contributed by atoms with Crippen molar-refractivity contribution in [3.05, 3.63) is 183 Å². The summed E-state index contributed by atoms with van der Waals surface area (Å²) in [7, 11) is 0. The quantitative estimate of drug-likeness (QED) is 0.0589. The van der Waals surface area contributed by atoms with Gasteiger partial charge in [-0.05, 0) is 122 Å². The highest BCUT2D eigenvalue weighted by Gasteiger charge is 2.28. The van der Waals surface area contributed by atoms with Gasteiger partial charge in [0.2, 0.25) is 5.56 Å². The fourth-order valence-corrected chi connectivity index (χ4v) is 8.84. The molecule has 2 aliphatic rings. The van der Waals surface area contributed by atoms with Crippen LogP contribution in [0.25, 0.3) is 16.7 Å². The average Bonchev–Trinajstić information content (AvgIpc) is 3.33. The van der Waals surface area contributed by atoms with E-state index in [2.05, 4.69) is 39.5 Å². The number of nitrogens with zero attached hydrogens (tertiary/aromatic N) is 2. The SMILES string of the molecule is C/C(NCC1CCN(C(=O)c2cccc(COc3cccc(C(C(=O)OCC4CCN(Cc5ccccc5)CC4)c4ccccc4)c3)c2)CC1)=C(/O)c1ccc(O)c2[nH]c(=O)ccc12. The van der Waals surface area contributed by atoms with Gasteiger partial charge in [-0.1, -0.05) is 84.9 Å². The third kappa shape index (κ3) is 10.8. The summed E-state index contributed by atoms with van der Waals surface area (Å²) in [6, 6.07) is 41.5. The Bertz CT molecular complexity index is 2630. The molecule has 6 aromatic rings. The lowest BCUT2D eigenvalue weighted by atomic mass is 9.91. The van der Waals surface area contributed by atoms with Crippen LogP contribution in [0.15, 0.2) is 144 Å². The van der Waals surface area contributed by atoms with Crippen molar-refractivity contribution in [1.29, 1.82) is 0 Å². The fraction of sp³-hybridized carbons (Fsp3) is 0.302. The summed E-state index contributed by atoms with van der Waals surface area (Å²) in [5.41, 5.74) is 5.45. The molecule has 3 heterocycles. The number of allylic oxidation sites excluding steroid dienone is 1. The van der Waals surface area contributed by atoms with E-state index in [4.69, 9.17) is 9.47 Å². The number of aliphatic hydroxyl groups excluding tert-OH is 1. The van der Waals surface area contributed by atoms with Gasteiger partial charge >= 0.3 is 5.97 Å². The first-order valence-electron chi connectivity index (χ1n) is 22.3. The number of ether oxygens (including phenoxy) is 2. The number of hydrogen-bond donors (Lipinski definition) is 4. The number of fused-ring (bicyclic) bond motifs is 1. The van der Waals surface area contributed by atoms with Crippen LogP contribution >= 0.6 is 0 Å². The van der Waals surface area contributed by atoms with Gasteiger partial charge in [0.25, 0.3) is 5.91 Å². The van der Waals surface area contributed by atoms with Gasteiger partial charge in [-0.2, -0.15) is 0 Å². The van der Waals surface area contributed by atoms with Gasteiger partial charge in [-0.25, -0.2) is 0 Å². The zero-order valence-corrected chi connectivity index (χ0v) is 36.2. The zero-order valence-electron chi connectivity index (χ0n) is 36.2. The lowest BCUT2D eigenvalue weighted by molar-refractivity contribution is -0.146. The van der Waals surface area contributed by atoms with Crippen molar-refractivity contribution >= 4 is 28.5 Å². The second kappa shape index (κ2) is 20.6. The molecule has 11 heteroatoms. The number of nitrogens with one attached hydrogen (secondary N) is 2. The van der Waals surface area contributed by atoms with Crippen LogP contribution in [0.5, 0.6) is 11.5 Å². The van der Waals surface area contributed by atoms with Crippen LogP contribution in [0.4, 0.5) is 0 Å². The Hall–Kier alpha value is -6.85. The number of aromatic amines is 1. The summed E-state index contributed by atoms with van der Waals surface area (Å²) in [6.07, 6.45) is 3.59. The molecular formula is C53H56N4O7. The van der Waals surface area contributed by atoms with Crippen molar-refractivity contribution in [2.75, 3.05) is 39.3 Å². The van der Waals surface area contributed by atoms with E-state index >= 15 is 0 Å². The standard InChI is InChI=1S/C53H56N4O7/c1-36(51(60)46-18-20-47(58)50-45(46)19-21-48(59)55-50)54-32-37-24-28-57(29-25-37)52(61)43-16-8-12-40(30-43)35-63-44-17-9-15-42(31-44)49(41-13-6-3-7-14-41)53(62)64-34-39-22-26-56(27-23-39)33-38-10-4-2-5-11-38/h2-21,30-31,37,39,49,54,58,60H,22-29,32-35H2,1H3,(H,55,59)/b51-36-. The Kier molecular flexibility index (Phi) is 14.1. The molecule has 1 unspecified atom stereocenters. The van der Waals surface area contributed by atoms with Crippen molar-refractivity contribution in [2.24, 2.45) is 11.8 Å². The van der Waals surface area contributed by atoms with Crippen molar-refractivity contribution in [3.8, 4) is 11.5 Å². The van der Waals surface area contributed by atoms with Gasteiger partial charge < -0.3 is 34.9 Å². The van der Waals surface area contributed by atoms with Crippen molar-refractivity contribution in [2.45, 2.75) is 51.7 Å². The maximum Gasteiger partial charge on any atom is 0.317 e. The summed E-state index contributed by atoms with van der Waals surface area (Å²) in [6.45, 7) is 7.20. The minimum Gasteiger partial charge on any atom is -0.506 e.